The second-order valence-electron chi connectivity index (χ2n) is 4.30. The van der Waals surface area contributed by atoms with Gasteiger partial charge < -0.3 is 10.4 Å². The van der Waals surface area contributed by atoms with Crippen molar-refractivity contribution in [2.75, 3.05) is 6.54 Å². The van der Waals surface area contributed by atoms with Crippen LogP contribution in [-0.4, -0.2) is 23.5 Å². The summed E-state index contributed by atoms with van der Waals surface area (Å²) in [6, 6.07) is 5.45. The van der Waals surface area contributed by atoms with Gasteiger partial charge in [0.25, 0.3) is 5.91 Å². The van der Waals surface area contributed by atoms with Gasteiger partial charge in [-0.25, -0.2) is 0 Å². The third-order valence-electron chi connectivity index (χ3n) is 2.59. The van der Waals surface area contributed by atoms with Gasteiger partial charge in [0.05, 0.1) is 5.92 Å². The number of carboxylic acid groups (broad SMARTS) is 1. The normalized spacial score (nSPS) is 11.9. The van der Waals surface area contributed by atoms with E-state index < -0.39 is 11.9 Å². The summed E-state index contributed by atoms with van der Waals surface area (Å²) in [5, 5.41) is 11.4. The molecule has 4 nitrogen and oxygen atoms in total. The number of nitrogens with one attached hydrogen (secondary N) is 1. The Balaban J connectivity index is 2.53. The van der Waals surface area contributed by atoms with Crippen LogP contribution in [0.25, 0.3) is 0 Å². The van der Waals surface area contributed by atoms with Crippen LogP contribution in [0.15, 0.2) is 22.7 Å². The molecule has 0 heterocycles. The summed E-state index contributed by atoms with van der Waals surface area (Å²) in [6.07, 6.45) is 0.425. The lowest BCUT2D eigenvalue weighted by molar-refractivity contribution is -0.141. The van der Waals surface area contributed by atoms with Crippen molar-refractivity contribution in [2.24, 2.45) is 5.92 Å². The van der Waals surface area contributed by atoms with Crippen LogP contribution in [0.1, 0.15) is 29.3 Å². The molecule has 1 aromatic rings. The molecule has 0 radical (unpaired) electrons. The van der Waals surface area contributed by atoms with Crippen molar-refractivity contribution < 1.29 is 14.7 Å². The third kappa shape index (κ3) is 4.49. The molecule has 1 rings (SSSR count). The third-order valence-corrected chi connectivity index (χ3v) is 3.05. The van der Waals surface area contributed by atoms with Crippen molar-refractivity contribution in [1.82, 2.24) is 5.32 Å². The van der Waals surface area contributed by atoms with Gasteiger partial charge in [-0.15, -0.1) is 0 Å². The highest BCUT2D eigenvalue weighted by Gasteiger charge is 2.12. The van der Waals surface area contributed by atoms with Crippen LogP contribution in [0.4, 0.5) is 0 Å². The lowest BCUT2D eigenvalue weighted by Crippen LogP contribution is -2.27. The summed E-state index contributed by atoms with van der Waals surface area (Å²) in [5.74, 6) is -1.48. The Morgan fingerprint density at radius 1 is 1.39 bits per heavy atom. The van der Waals surface area contributed by atoms with E-state index in [0.717, 1.165) is 10.0 Å². The summed E-state index contributed by atoms with van der Waals surface area (Å²) in [4.78, 5) is 22.4. The monoisotopic (exact) mass is 313 g/mol. The van der Waals surface area contributed by atoms with Crippen LogP contribution in [0.2, 0.25) is 0 Å². The van der Waals surface area contributed by atoms with Crippen molar-refractivity contribution in [3.05, 3.63) is 33.8 Å². The Kier molecular flexibility index (Phi) is 5.34. The van der Waals surface area contributed by atoms with E-state index in [1.54, 1.807) is 19.1 Å². The van der Waals surface area contributed by atoms with Gasteiger partial charge in [-0.05, 0) is 37.1 Å². The van der Waals surface area contributed by atoms with E-state index in [4.69, 9.17) is 5.11 Å². The van der Waals surface area contributed by atoms with Crippen LogP contribution in [-0.2, 0) is 4.79 Å². The van der Waals surface area contributed by atoms with E-state index >= 15 is 0 Å². The zero-order valence-electron chi connectivity index (χ0n) is 10.4. The second kappa shape index (κ2) is 6.54. The summed E-state index contributed by atoms with van der Waals surface area (Å²) >= 11 is 3.33. The minimum Gasteiger partial charge on any atom is -0.481 e. The van der Waals surface area contributed by atoms with Crippen LogP contribution < -0.4 is 5.32 Å². The van der Waals surface area contributed by atoms with Gasteiger partial charge in [0.2, 0.25) is 0 Å². The largest absolute Gasteiger partial charge is 0.481 e. The van der Waals surface area contributed by atoms with Gasteiger partial charge in [-0.3, -0.25) is 9.59 Å². The maximum Gasteiger partial charge on any atom is 0.306 e. The zero-order valence-corrected chi connectivity index (χ0v) is 12.0. The molecule has 0 saturated heterocycles. The van der Waals surface area contributed by atoms with Crippen LogP contribution >= 0.6 is 15.9 Å². The molecule has 0 spiro atoms. The lowest BCUT2D eigenvalue weighted by Gasteiger charge is -2.08. The Labute approximate surface area is 115 Å². The number of aryl methyl sites for hydroxylation is 1. The molecule has 18 heavy (non-hydrogen) atoms. The fraction of sp³-hybridized carbons (Fsp3) is 0.385. The van der Waals surface area contributed by atoms with E-state index in [1.807, 2.05) is 13.0 Å². The number of carbonyl (C=O) groups is 2. The van der Waals surface area contributed by atoms with E-state index in [9.17, 15) is 9.59 Å². The molecule has 98 valence electrons. The maximum atomic E-state index is 11.8. The van der Waals surface area contributed by atoms with Gasteiger partial charge in [-0.1, -0.05) is 22.9 Å². The molecular formula is C13H16BrNO3. The van der Waals surface area contributed by atoms with Crippen LogP contribution in [0.3, 0.4) is 0 Å². The number of amides is 1. The van der Waals surface area contributed by atoms with E-state index in [-0.39, 0.29) is 5.91 Å². The Morgan fingerprint density at radius 2 is 2.06 bits per heavy atom. The minimum absolute atomic E-state index is 0.183. The average Bonchev–Trinajstić information content (AvgIpc) is 2.27. The Morgan fingerprint density at radius 3 is 2.61 bits per heavy atom. The molecule has 1 aromatic carbocycles. The van der Waals surface area contributed by atoms with Crippen molar-refractivity contribution in [3.8, 4) is 0 Å². The SMILES string of the molecule is Cc1cc(Br)cc(C(=O)NCCC(C)C(=O)O)c1. The number of halogens is 1. The van der Waals surface area contributed by atoms with Gasteiger partial charge in [0.15, 0.2) is 0 Å². The number of hydrogen-bond acceptors (Lipinski definition) is 2. The number of hydrogen-bond donors (Lipinski definition) is 2. The molecule has 0 saturated carbocycles. The summed E-state index contributed by atoms with van der Waals surface area (Å²) in [7, 11) is 0. The summed E-state index contributed by atoms with van der Waals surface area (Å²) in [5.41, 5.74) is 1.57. The van der Waals surface area contributed by atoms with Crippen LogP contribution in [0.5, 0.6) is 0 Å². The molecule has 0 fully saturated rings. The molecule has 2 N–H and O–H groups in total. The topological polar surface area (TPSA) is 66.4 Å². The van der Waals surface area contributed by atoms with Crippen molar-refractivity contribution in [3.63, 3.8) is 0 Å². The minimum atomic E-state index is -0.845. The lowest BCUT2D eigenvalue weighted by atomic mass is 10.1. The number of carbonyl (C=O) groups excluding carboxylic acids is 1. The first-order valence-electron chi connectivity index (χ1n) is 5.68. The first kappa shape index (κ1) is 14.7. The van der Waals surface area contributed by atoms with Crippen molar-refractivity contribution >= 4 is 27.8 Å². The molecular weight excluding hydrogens is 298 g/mol. The number of carboxylic acids is 1. The van der Waals surface area contributed by atoms with E-state index in [1.165, 1.54) is 0 Å². The molecule has 0 bridgehead atoms. The van der Waals surface area contributed by atoms with Gasteiger partial charge in [0.1, 0.15) is 0 Å². The molecule has 1 unspecified atom stereocenters. The zero-order chi connectivity index (χ0) is 13.7. The molecule has 0 aliphatic rings. The highest BCUT2D eigenvalue weighted by Crippen LogP contribution is 2.15. The number of rotatable bonds is 5. The Bertz CT molecular complexity index is 439. The van der Waals surface area contributed by atoms with Gasteiger partial charge in [0, 0.05) is 16.6 Å². The smallest absolute Gasteiger partial charge is 0.306 e. The first-order valence-corrected chi connectivity index (χ1v) is 6.47. The van der Waals surface area contributed by atoms with Gasteiger partial charge >= 0.3 is 5.97 Å². The highest BCUT2D eigenvalue weighted by molar-refractivity contribution is 9.10. The predicted molar refractivity (Wildman–Crippen MR) is 72.6 cm³/mol. The molecule has 0 aliphatic heterocycles. The highest BCUT2D eigenvalue weighted by atomic mass is 79.9. The fourth-order valence-electron chi connectivity index (χ4n) is 1.50. The first-order chi connectivity index (χ1) is 8.40. The van der Waals surface area contributed by atoms with E-state index in [0.29, 0.717) is 18.5 Å². The summed E-state index contributed by atoms with van der Waals surface area (Å²) < 4.78 is 0.853. The predicted octanol–water partition coefficient (Wildman–Crippen LogP) is 2.60. The van der Waals surface area contributed by atoms with Crippen molar-refractivity contribution in [2.45, 2.75) is 20.3 Å². The Hall–Kier alpha value is -1.36. The molecule has 0 aliphatic carbocycles. The fourth-order valence-corrected chi connectivity index (χ4v) is 2.10. The summed E-state index contributed by atoms with van der Waals surface area (Å²) in [6.45, 7) is 3.89. The van der Waals surface area contributed by atoms with Crippen LogP contribution in [0, 0.1) is 12.8 Å². The van der Waals surface area contributed by atoms with Crippen molar-refractivity contribution in [1.29, 1.82) is 0 Å². The molecule has 1 atom stereocenters. The average molecular weight is 314 g/mol. The standard InChI is InChI=1S/C13H16BrNO3/c1-8-5-10(7-11(14)6-8)12(16)15-4-3-9(2)13(17)18/h5-7,9H,3-4H2,1-2H3,(H,15,16)(H,17,18). The molecule has 5 heteroatoms. The van der Waals surface area contributed by atoms with E-state index in [2.05, 4.69) is 21.2 Å². The molecule has 1 amide bonds. The molecule has 0 aromatic heterocycles. The quantitative estimate of drug-likeness (QED) is 0.878. The number of aliphatic carboxylic acids is 1. The number of benzene rings is 1. The van der Waals surface area contributed by atoms with Gasteiger partial charge in [-0.2, -0.15) is 0 Å². The maximum absolute atomic E-state index is 11.8. The second-order valence-corrected chi connectivity index (χ2v) is 5.22.